The summed E-state index contributed by atoms with van der Waals surface area (Å²) >= 11 is 0. The normalized spacial score (nSPS) is 10.2. The number of carboxylic acids is 4. The van der Waals surface area contributed by atoms with Crippen LogP contribution >= 0.6 is 0 Å². The second-order valence-electron chi connectivity index (χ2n) is 4.96. The van der Waals surface area contributed by atoms with E-state index in [0.717, 1.165) is 36.4 Å². The Balaban J connectivity index is 0.00000364. The molecule has 10 nitrogen and oxygen atoms in total. The van der Waals surface area contributed by atoms with Crippen LogP contribution in [0.15, 0.2) is 46.6 Å². The molecular formula is C16H10FeN2O8. The summed E-state index contributed by atoms with van der Waals surface area (Å²) in [4.78, 5) is 44.2. The molecule has 11 heteroatoms. The Kier molecular flexibility index (Phi) is 6.92. The third-order valence-corrected chi connectivity index (χ3v) is 3.10. The van der Waals surface area contributed by atoms with Gasteiger partial charge in [-0.3, -0.25) is 0 Å². The van der Waals surface area contributed by atoms with E-state index in [2.05, 4.69) is 10.2 Å². The van der Waals surface area contributed by atoms with Crippen molar-refractivity contribution in [3.8, 4) is 0 Å². The maximum Gasteiger partial charge on any atom is 0.335 e. The number of hydrogen-bond acceptors (Lipinski definition) is 6. The van der Waals surface area contributed by atoms with Crippen molar-refractivity contribution in [2.75, 3.05) is 0 Å². The molecule has 4 N–H and O–H groups in total. The molecule has 2 aromatic carbocycles. The molecule has 0 saturated carbocycles. The summed E-state index contributed by atoms with van der Waals surface area (Å²) in [6.45, 7) is 0. The molecule has 0 fully saturated rings. The molecule has 27 heavy (non-hydrogen) atoms. The van der Waals surface area contributed by atoms with Crippen LogP contribution in [0.4, 0.5) is 11.4 Å². The van der Waals surface area contributed by atoms with Crippen LogP contribution in [0.1, 0.15) is 41.4 Å². The van der Waals surface area contributed by atoms with Gasteiger partial charge in [-0.15, -0.1) is 0 Å². The van der Waals surface area contributed by atoms with Crippen LogP contribution in [0.3, 0.4) is 0 Å². The third kappa shape index (κ3) is 5.46. The monoisotopic (exact) mass is 414 g/mol. The van der Waals surface area contributed by atoms with E-state index in [1.165, 1.54) is 0 Å². The quantitative estimate of drug-likeness (QED) is 0.412. The summed E-state index contributed by atoms with van der Waals surface area (Å²) < 4.78 is 0. The first-order valence-corrected chi connectivity index (χ1v) is 6.82. The minimum Gasteiger partial charge on any atom is -0.478 e. The number of carbonyl (C=O) groups is 4. The standard InChI is InChI=1S/C16H10N2O8.Fe/c19-13(20)7-1-8(14(21)22)4-11(3-7)17-18-12-5-9(15(23)24)2-10(6-12)16(25)26;/h1-6H,(H,19,20)(H,21,22)(H,23,24)(H,25,26);/b18-17+;. The largest absolute Gasteiger partial charge is 0.478 e. The third-order valence-electron chi connectivity index (χ3n) is 3.10. The molecule has 2 rings (SSSR count). The Morgan fingerprint density at radius 2 is 0.741 bits per heavy atom. The van der Waals surface area contributed by atoms with Crippen LogP contribution in [0.5, 0.6) is 0 Å². The molecule has 0 aromatic heterocycles. The molecule has 0 amide bonds. The number of nitrogens with zero attached hydrogens (tertiary/aromatic N) is 2. The van der Waals surface area contributed by atoms with Gasteiger partial charge in [-0.05, 0) is 36.4 Å². The van der Waals surface area contributed by atoms with Crippen molar-refractivity contribution in [1.29, 1.82) is 0 Å². The number of azo groups is 1. The average molecular weight is 414 g/mol. The van der Waals surface area contributed by atoms with Gasteiger partial charge in [0.1, 0.15) is 0 Å². The second kappa shape index (κ2) is 8.70. The zero-order chi connectivity index (χ0) is 19.4. The second-order valence-corrected chi connectivity index (χ2v) is 4.96. The molecule has 2 aromatic rings. The Labute approximate surface area is 161 Å². The van der Waals surface area contributed by atoms with Crippen molar-refractivity contribution in [2.45, 2.75) is 0 Å². The van der Waals surface area contributed by atoms with Gasteiger partial charge in [0.25, 0.3) is 0 Å². The van der Waals surface area contributed by atoms with Gasteiger partial charge in [-0.25, -0.2) is 19.2 Å². The van der Waals surface area contributed by atoms with Crippen LogP contribution in [0.2, 0.25) is 0 Å². The fraction of sp³-hybridized carbons (Fsp3) is 0. The van der Waals surface area contributed by atoms with Crippen molar-refractivity contribution in [3.05, 3.63) is 58.7 Å². The minimum atomic E-state index is -1.37. The summed E-state index contributed by atoms with van der Waals surface area (Å²) in [5.74, 6) is -5.48. The van der Waals surface area contributed by atoms with Gasteiger partial charge in [0, 0.05) is 17.1 Å². The molecule has 0 bridgehead atoms. The van der Waals surface area contributed by atoms with E-state index in [4.69, 9.17) is 20.4 Å². The molecule has 0 saturated heterocycles. The molecule has 0 heterocycles. The van der Waals surface area contributed by atoms with E-state index >= 15 is 0 Å². The topological polar surface area (TPSA) is 174 Å². The van der Waals surface area contributed by atoms with Gasteiger partial charge in [0.15, 0.2) is 0 Å². The number of carboxylic acid groups (broad SMARTS) is 4. The van der Waals surface area contributed by atoms with E-state index in [0.29, 0.717) is 0 Å². The average Bonchev–Trinajstić information content (AvgIpc) is 2.59. The first-order chi connectivity index (χ1) is 12.2. The van der Waals surface area contributed by atoms with Gasteiger partial charge >= 0.3 is 23.9 Å². The van der Waals surface area contributed by atoms with Crippen molar-refractivity contribution < 1.29 is 56.7 Å². The molecule has 0 spiro atoms. The van der Waals surface area contributed by atoms with E-state index in [-0.39, 0.29) is 50.7 Å². The molecule has 0 unspecified atom stereocenters. The van der Waals surface area contributed by atoms with Crippen LogP contribution < -0.4 is 0 Å². The summed E-state index contributed by atoms with van der Waals surface area (Å²) in [7, 11) is 0. The summed E-state index contributed by atoms with van der Waals surface area (Å²) in [5, 5.41) is 43.4. The van der Waals surface area contributed by atoms with Crippen molar-refractivity contribution in [2.24, 2.45) is 10.2 Å². The Hall–Kier alpha value is -3.56. The predicted octanol–water partition coefficient (Wildman–Crippen LogP) is 2.89. The number of rotatable bonds is 6. The summed E-state index contributed by atoms with van der Waals surface area (Å²) in [6, 6.07) is 6.15. The van der Waals surface area contributed by atoms with E-state index < -0.39 is 23.9 Å². The smallest absolute Gasteiger partial charge is 0.335 e. The molecular weight excluding hydrogens is 404 g/mol. The van der Waals surface area contributed by atoms with Crippen LogP contribution in [-0.2, 0) is 17.1 Å². The van der Waals surface area contributed by atoms with Crippen molar-refractivity contribution in [1.82, 2.24) is 0 Å². The van der Waals surface area contributed by atoms with E-state index in [1.807, 2.05) is 0 Å². The van der Waals surface area contributed by atoms with Gasteiger partial charge in [-0.2, -0.15) is 10.2 Å². The fourth-order valence-electron chi connectivity index (χ4n) is 1.95. The van der Waals surface area contributed by atoms with E-state index in [1.54, 1.807) is 0 Å². The summed E-state index contributed by atoms with van der Waals surface area (Å²) in [5.41, 5.74) is -1.54. The molecule has 0 radical (unpaired) electrons. The predicted molar refractivity (Wildman–Crippen MR) is 84.9 cm³/mol. The van der Waals surface area contributed by atoms with Gasteiger partial charge in [0.2, 0.25) is 0 Å². The first-order valence-electron chi connectivity index (χ1n) is 6.82. The SMILES string of the molecule is O=C(O)c1cc(/N=N/c2cc(C(=O)O)cc(C(=O)O)c2)cc(C(=O)O)c1.[Fe]. The fourth-order valence-corrected chi connectivity index (χ4v) is 1.95. The number of hydrogen-bond donors (Lipinski definition) is 4. The van der Waals surface area contributed by atoms with Crippen LogP contribution in [0.25, 0.3) is 0 Å². The maximum atomic E-state index is 11.0. The van der Waals surface area contributed by atoms with Gasteiger partial charge < -0.3 is 20.4 Å². The van der Waals surface area contributed by atoms with Crippen LogP contribution in [0, 0.1) is 0 Å². The Morgan fingerprint density at radius 3 is 0.926 bits per heavy atom. The first kappa shape index (κ1) is 21.5. The van der Waals surface area contributed by atoms with Gasteiger partial charge in [-0.1, -0.05) is 0 Å². The Morgan fingerprint density at radius 1 is 0.519 bits per heavy atom. The Bertz CT molecular complexity index is 829. The molecule has 0 atom stereocenters. The zero-order valence-corrected chi connectivity index (χ0v) is 14.2. The minimum absolute atomic E-state index is 0. The molecule has 140 valence electrons. The van der Waals surface area contributed by atoms with Crippen molar-refractivity contribution in [3.63, 3.8) is 0 Å². The zero-order valence-electron chi connectivity index (χ0n) is 13.1. The van der Waals surface area contributed by atoms with Crippen LogP contribution in [-0.4, -0.2) is 44.3 Å². The van der Waals surface area contributed by atoms with E-state index in [9.17, 15) is 19.2 Å². The maximum absolute atomic E-state index is 11.0. The molecule has 0 aliphatic heterocycles. The number of aromatic carboxylic acids is 4. The molecule has 0 aliphatic rings. The van der Waals surface area contributed by atoms with Crippen molar-refractivity contribution >= 4 is 35.3 Å². The summed E-state index contributed by atoms with van der Waals surface area (Å²) in [6.07, 6.45) is 0. The number of benzene rings is 2. The molecule has 0 aliphatic carbocycles. The van der Waals surface area contributed by atoms with Gasteiger partial charge in [0.05, 0.1) is 33.6 Å².